The summed E-state index contributed by atoms with van der Waals surface area (Å²) in [6.45, 7) is 2.23. The Labute approximate surface area is 107 Å². The molecule has 2 aromatic heterocycles. The largest absolute Gasteiger partial charge is 0.481 e. The summed E-state index contributed by atoms with van der Waals surface area (Å²) >= 11 is 1.07. The van der Waals surface area contributed by atoms with Crippen molar-refractivity contribution in [1.29, 1.82) is 0 Å². The lowest BCUT2D eigenvalue weighted by atomic mass is 10.4. The zero-order valence-electron chi connectivity index (χ0n) is 9.66. The average molecular weight is 268 g/mol. The first kappa shape index (κ1) is 12.5. The molecule has 0 unspecified atom stereocenters. The van der Waals surface area contributed by atoms with E-state index in [0.29, 0.717) is 11.7 Å². The number of carboxylic acid groups (broad SMARTS) is 1. The molecule has 0 saturated carbocycles. The molecule has 96 valence electrons. The molecule has 8 heteroatoms. The molecule has 2 heterocycles. The van der Waals surface area contributed by atoms with Gasteiger partial charge in [0.15, 0.2) is 5.16 Å². The maximum absolute atomic E-state index is 10.5. The van der Waals surface area contributed by atoms with Crippen molar-refractivity contribution in [1.82, 2.24) is 14.8 Å². The Morgan fingerprint density at radius 2 is 2.33 bits per heavy atom. The summed E-state index contributed by atoms with van der Waals surface area (Å²) in [7, 11) is 0. The van der Waals surface area contributed by atoms with E-state index in [2.05, 4.69) is 10.2 Å². The quantitative estimate of drug-likeness (QED) is 0.778. The van der Waals surface area contributed by atoms with Crippen LogP contribution in [0.4, 0.5) is 5.95 Å². The zero-order chi connectivity index (χ0) is 13.1. The molecule has 0 radical (unpaired) electrons. The molecule has 0 spiro atoms. The van der Waals surface area contributed by atoms with Gasteiger partial charge in [-0.15, -0.1) is 10.2 Å². The molecule has 0 aromatic carbocycles. The summed E-state index contributed by atoms with van der Waals surface area (Å²) in [4.78, 5) is 10.5. The highest BCUT2D eigenvalue weighted by Crippen LogP contribution is 2.20. The standard InChI is InChI=1S/C10H12N4O3S/c1-6-2-3-7(17-6)4-14-9(11)12-13-10(14)18-5-8(15)16/h2-3H,4-5H2,1H3,(H2,11,12)(H,15,16). The molecule has 0 aliphatic carbocycles. The smallest absolute Gasteiger partial charge is 0.313 e. The van der Waals surface area contributed by atoms with Crippen molar-refractivity contribution in [2.75, 3.05) is 11.5 Å². The molecule has 2 rings (SSSR count). The van der Waals surface area contributed by atoms with Crippen LogP contribution in [0.2, 0.25) is 0 Å². The van der Waals surface area contributed by atoms with Crippen LogP contribution in [0.5, 0.6) is 0 Å². The fourth-order valence-electron chi connectivity index (χ4n) is 1.41. The molecule has 0 bridgehead atoms. The highest BCUT2D eigenvalue weighted by molar-refractivity contribution is 7.99. The Hall–Kier alpha value is -1.96. The van der Waals surface area contributed by atoms with Crippen molar-refractivity contribution < 1.29 is 14.3 Å². The maximum atomic E-state index is 10.5. The number of furan rings is 1. The highest BCUT2D eigenvalue weighted by Gasteiger charge is 2.13. The van der Waals surface area contributed by atoms with Crippen LogP contribution in [0.1, 0.15) is 11.5 Å². The van der Waals surface area contributed by atoms with E-state index in [9.17, 15) is 4.79 Å². The third kappa shape index (κ3) is 2.83. The van der Waals surface area contributed by atoms with Crippen molar-refractivity contribution in [2.45, 2.75) is 18.6 Å². The zero-order valence-corrected chi connectivity index (χ0v) is 10.5. The van der Waals surface area contributed by atoms with Gasteiger partial charge in [0.05, 0.1) is 12.3 Å². The van der Waals surface area contributed by atoms with Gasteiger partial charge in [-0.2, -0.15) is 0 Å². The highest BCUT2D eigenvalue weighted by atomic mass is 32.2. The fourth-order valence-corrected chi connectivity index (χ4v) is 2.07. The summed E-state index contributed by atoms with van der Waals surface area (Å²) in [6.07, 6.45) is 0. The number of thioether (sulfide) groups is 1. The molecule has 0 aliphatic rings. The van der Waals surface area contributed by atoms with E-state index in [1.54, 1.807) is 4.57 Å². The summed E-state index contributed by atoms with van der Waals surface area (Å²) < 4.78 is 7.05. The third-order valence-electron chi connectivity index (χ3n) is 2.18. The number of anilines is 1. The van der Waals surface area contributed by atoms with Crippen molar-refractivity contribution in [3.8, 4) is 0 Å². The second kappa shape index (κ2) is 5.13. The topological polar surface area (TPSA) is 107 Å². The van der Waals surface area contributed by atoms with Gasteiger partial charge in [-0.1, -0.05) is 11.8 Å². The first-order valence-electron chi connectivity index (χ1n) is 5.15. The van der Waals surface area contributed by atoms with Gasteiger partial charge in [0.2, 0.25) is 5.95 Å². The number of aromatic nitrogens is 3. The van der Waals surface area contributed by atoms with Gasteiger partial charge in [0.1, 0.15) is 11.5 Å². The number of hydrogen-bond donors (Lipinski definition) is 2. The number of carboxylic acids is 1. The Balaban J connectivity index is 2.16. The molecule has 0 saturated heterocycles. The number of hydrogen-bond acceptors (Lipinski definition) is 6. The van der Waals surface area contributed by atoms with Gasteiger partial charge in [-0.05, 0) is 19.1 Å². The predicted molar refractivity (Wildman–Crippen MR) is 65.3 cm³/mol. The Morgan fingerprint density at radius 3 is 2.94 bits per heavy atom. The van der Waals surface area contributed by atoms with E-state index in [1.165, 1.54) is 0 Å². The summed E-state index contributed by atoms with van der Waals surface area (Å²) in [5, 5.41) is 16.7. The maximum Gasteiger partial charge on any atom is 0.313 e. The first-order valence-corrected chi connectivity index (χ1v) is 6.13. The van der Waals surface area contributed by atoms with Crippen LogP contribution < -0.4 is 5.73 Å². The molecule has 0 amide bonds. The Morgan fingerprint density at radius 1 is 1.56 bits per heavy atom. The summed E-state index contributed by atoms with van der Waals surface area (Å²) in [5.41, 5.74) is 5.69. The van der Waals surface area contributed by atoms with Gasteiger partial charge < -0.3 is 15.3 Å². The fraction of sp³-hybridized carbons (Fsp3) is 0.300. The minimum Gasteiger partial charge on any atom is -0.481 e. The number of nitrogens with zero attached hydrogens (tertiary/aromatic N) is 3. The minimum absolute atomic E-state index is 0.0880. The van der Waals surface area contributed by atoms with Crippen LogP contribution in [0.3, 0.4) is 0 Å². The Kier molecular flexibility index (Phi) is 3.56. The lowest BCUT2D eigenvalue weighted by molar-refractivity contribution is -0.133. The lowest BCUT2D eigenvalue weighted by Gasteiger charge is -2.04. The monoisotopic (exact) mass is 268 g/mol. The molecule has 2 aromatic rings. The number of nitrogen functional groups attached to an aromatic ring is 1. The van der Waals surface area contributed by atoms with Crippen LogP contribution in [0.25, 0.3) is 0 Å². The molecule has 7 nitrogen and oxygen atoms in total. The SMILES string of the molecule is Cc1ccc(Cn2c(N)nnc2SCC(=O)O)o1. The van der Waals surface area contributed by atoms with Crippen molar-refractivity contribution in [3.63, 3.8) is 0 Å². The molecule has 18 heavy (non-hydrogen) atoms. The van der Waals surface area contributed by atoms with Gasteiger partial charge >= 0.3 is 5.97 Å². The molecule has 0 aliphatic heterocycles. The van der Waals surface area contributed by atoms with Crippen LogP contribution in [-0.4, -0.2) is 31.6 Å². The molecule has 3 N–H and O–H groups in total. The van der Waals surface area contributed by atoms with Crippen LogP contribution in [0.15, 0.2) is 21.7 Å². The number of nitrogens with two attached hydrogens (primary N) is 1. The van der Waals surface area contributed by atoms with Gasteiger partial charge in [0.25, 0.3) is 0 Å². The predicted octanol–water partition coefficient (Wildman–Crippen LogP) is 0.987. The molecule has 0 atom stereocenters. The van der Waals surface area contributed by atoms with Crippen LogP contribution >= 0.6 is 11.8 Å². The number of aryl methyl sites for hydroxylation is 1. The minimum atomic E-state index is -0.915. The van der Waals surface area contributed by atoms with E-state index in [-0.39, 0.29) is 11.7 Å². The molecule has 0 fully saturated rings. The van der Waals surface area contributed by atoms with Gasteiger partial charge in [-0.3, -0.25) is 9.36 Å². The van der Waals surface area contributed by atoms with E-state index in [0.717, 1.165) is 23.3 Å². The third-order valence-corrected chi connectivity index (χ3v) is 3.13. The Bertz CT molecular complexity index is 563. The number of aliphatic carboxylic acids is 1. The second-order valence-corrected chi connectivity index (χ2v) is 4.56. The van der Waals surface area contributed by atoms with Crippen molar-refractivity contribution in [2.24, 2.45) is 0 Å². The van der Waals surface area contributed by atoms with Crippen molar-refractivity contribution >= 4 is 23.7 Å². The summed E-state index contributed by atoms with van der Waals surface area (Å²) in [5.74, 6) is 0.751. The van der Waals surface area contributed by atoms with Crippen molar-refractivity contribution in [3.05, 3.63) is 23.7 Å². The average Bonchev–Trinajstić information content (AvgIpc) is 2.85. The number of rotatable bonds is 5. The molecular weight excluding hydrogens is 256 g/mol. The van der Waals surface area contributed by atoms with E-state index in [1.807, 2.05) is 19.1 Å². The van der Waals surface area contributed by atoms with E-state index >= 15 is 0 Å². The van der Waals surface area contributed by atoms with E-state index < -0.39 is 5.97 Å². The second-order valence-electron chi connectivity index (χ2n) is 3.62. The molecular formula is C10H12N4O3S. The first-order chi connectivity index (χ1) is 8.56. The van der Waals surface area contributed by atoms with Gasteiger partial charge in [0, 0.05) is 0 Å². The van der Waals surface area contributed by atoms with Crippen LogP contribution in [0, 0.1) is 6.92 Å². The van der Waals surface area contributed by atoms with Gasteiger partial charge in [-0.25, -0.2) is 0 Å². The normalized spacial score (nSPS) is 10.7. The van der Waals surface area contributed by atoms with E-state index in [4.69, 9.17) is 15.3 Å². The number of carbonyl (C=O) groups is 1. The summed E-state index contributed by atoms with van der Waals surface area (Å²) in [6, 6.07) is 3.68. The van der Waals surface area contributed by atoms with Crippen LogP contribution in [-0.2, 0) is 11.3 Å². The lowest BCUT2D eigenvalue weighted by Crippen LogP contribution is -2.07.